The molecule has 1 saturated heterocycles. The molecular formula is C18H20N2O4. The Bertz CT molecular complexity index is 674. The van der Waals surface area contributed by atoms with Crippen LogP contribution < -0.4 is 0 Å². The Kier molecular flexibility index (Phi) is 4.32. The maximum Gasteiger partial charge on any atom is 0.289 e. The first-order valence-corrected chi connectivity index (χ1v) is 8.29. The predicted molar refractivity (Wildman–Crippen MR) is 85.3 cm³/mol. The highest BCUT2D eigenvalue weighted by Crippen LogP contribution is 2.33. The summed E-state index contributed by atoms with van der Waals surface area (Å²) in [5, 5.41) is 0. The molecule has 6 nitrogen and oxygen atoms in total. The molecule has 1 aliphatic heterocycles. The molecule has 0 unspecified atom stereocenters. The van der Waals surface area contributed by atoms with Crippen molar-refractivity contribution in [2.24, 2.45) is 0 Å². The molecule has 4 rings (SSSR count). The quantitative estimate of drug-likeness (QED) is 0.861. The molecule has 6 heteroatoms. The van der Waals surface area contributed by atoms with Crippen molar-refractivity contribution < 1.29 is 18.7 Å². The number of fused-ring (bicyclic) bond motifs is 2. The maximum atomic E-state index is 12.7. The summed E-state index contributed by atoms with van der Waals surface area (Å²) in [5.74, 6) is 0.280. The third-order valence-electron chi connectivity index (χ3n) is 4.74. The van der Waals surface area contributed by atoms with E-state index in [-0.39, 0.29) is 24.2 Å². The summed E-state index contributed by atoms with van der Waals surface area (Å²) in [6.45, 7) is 1.59. The van der Waals surface area contributed by atoms with Gasteiger partial charge < -0.3 is 18.8 Å². The van der Waals surface area contributed by atoms with Gasteiger partial charge in [0.2, 0.25) is 0 Å². The van der Waals surface area contributed by atoms with Crippen LogP contribution in [-0.2, 0) is 16.1 Å². The van der Waals surface area contributed by atoms with E-state index in [0.717, 1.165) is 18.4 Å². The molecule has 0 spiro atoms. The van der Waals surface area contributed by atoms with Crippen LogP contribution in [0.15, 0.2) is 47.3 Å². The Labute approximate surface area is 140 Å². The summed E-state index contributed by atoms with van der Waals surface area (Å²) in [5.41, 5.74) is 1.07. The van der Waals surface area contributed by atoms with Gasteiger partial charge >= 0.3 is 0 Å². The molecular weight excluding hydrogens is 308 g/mol. The van der Waals surface area contributed by atoms with Crippen LogP contribution >= 0.6 is 0 Å². The fraction of sp³-hybridized carbons (Fsp3) is 0.444. The Morgan fingerprint density at radius 1 is 1.29 bits per heavy atom. The zero-order valence-corrected chi connectivity index (χ0v) is 13.3. The minimum absolute atomic E-state index is 0.0249. The molecule has 2 aromatic heterocycles. The normalized spacial score (nSPS) is 26.3. The fourth-order valence-corrected chi connectivity index (χ4v) is 3.57. The van der Waals surface area contributed by atoms with E-state index in [4.69, 9.17) is 13.9 Å². The largest absolute Gasteiger partial charge is 0.459 e. The van der Waals surface area contributed by atoms with Crippen molar-refractivity contribution >= 4 is 5.91 Å². The van der Waals surface area contributed by atoms with Gasteiger partial charge in [-0.2, -0.15) is 0 Å². The number of hydrogen-bond donors (Lipinski definition) is 0. The van der Waals surface area contributed by atoms with Gasteiger partial charge in [-0.15, -0.1) is 0 Å². The topological polar surface area (TPSA) is 64.8 Å². The van der Waals surface area contributed by atoms with Gasteiger partial charge in [-0.05, 0) is 42.7 Å². The van der Waals surface area contributed by atoms with Crippen molar-refractivity contribution in [2.75, 3.05) is 13.2 Å². The van der Waals surface area contributed by atoms with Crippen LogP contribution in [0.4, 0.5) is 0 Å². The number of furan rings is 1. The van der Waals surface area contributed by atoms with E-state index in [0.29, 0.717) is 25.5 Å². The molecule has 0 aromatic carbocycles. The molecule has 2 aliphatic rings. The summed E-state index contributed by atoms with van der Waals surface area (Å²) in [7, 11) is 0. The summed E-state index contributed by atoms with van der Waals surface area (Å²) in [6, 6.07) is 7.33. The molecule has 24 heavy (non-hydrogen) atoms. The molecule has 1 saturated carbocycles. The van der Waals surface area contributed by atoms with Gasteiger partial charge in [0, 0.05) is 18.9 Å². The first kappa shape index (κ1) is 15.4. The molecule has 1 amide bonds. The number of amides is 1. The molecule has 2 aromatic rings. The summed E-state index contributed by atoms with van der Waals surface area (Å²) in [4.78, 5) is 18.6. The van der Waals surface area contributed by atoms with E-state index >= 15 is 0 Å². The predicted octanol–water partition coefficient (Wildman–Crippen LogP) is 2.26. The lowest BCUT2D eigenvalue weighted by Gasteiger charge is -2.30. The number of ether oxygens (including phenoxy) is 2. The maximum absolute atomic E-state index is 12.7. The van der Waals surface area contributed by atoms with Crippen LogP contribution in [0.5, 0.6) is 0 Å². The molecule has 3 atom stereocenters. The van der Waals surface area contributed by atoms with Crippen molar-refractivity contribution in [1.82, 2.24) is 9.88 Å². The second-order valence-electron chi connectivity index (χ2n) is 6.16. The Hall–Kier alpha value is -2.18. The van der Waals surface area contributed by atoms with Crippen molar-refractivity contribution in [3.8, 4) is 0 Å². The fourth-order valence-electron chi connectivity index (χ4n) is 3.57. The zero-order chi connectivity index (χ0) is 16.4. The third-order valence-corrected chi connectivity index (χ3v) is 4.74. The molecule has 3 heterocycles. The smallest absolute Gasteiger partial charge is 0.289 e. The molecule has 0 N–H and O–H groups in total. The van der Waals surface area contributed by atoms with Gasteiger partial charge in [-0.3, -0.25) is 9.78 Å². The number of aromatic nitrogens is 1. The number of nitrogens with zero attached hydrogens (tertiary/aromatic N) is 2. The molecule has 0 radical (unpaired) electrons. The van der Waals surface area contributed by atoms with Crippen LogP contribution in [0.25, 0.3) is 0 Å². The van der Waals surface area contributed by atoms with Crippen molar-refractivity contribution in [1.29, 1.82) is 0 Å². The second kappa shape index (κ2) is 6.75. The first-order valence-electron chi connectivity index (χ1n) is 8.29. The van der Waals surface area contributed by atoms with Gasteiger partial charge in [0.1, 0.15) is 6.10 Å². The third kappa shape index (κ3) is 2.95. The van der Waals surface area contributed by atoms with E-state index in [9.17, 15) is 4.79 Å². The number of carbonyl (C=O) groups is 1. The summed E-state index contributed by atoms with van der Waals surface area (Å²) >= 11 is 0. The summed E-state index contributed by atoms with van der Waals surface area (Å²) in [6.07, 6.45) is 6.76. The van der Waals surface area contributed by atoms with Crippen molar-refractivity contribution in [2.45, 2.75) is 37.7 Å². The first-order chi connectivity index (χ1) is 11.8. The number of carbonyl (C=O) groups excluding carboxylic acids is 1. The van der Waals surface area contributed by atoms with Gasteiger partial charge in [-0.1, -0.05) is 0 Å². The lowest BCUT2D eigenvalue weighted by atomic mass is 10.1. The minimum atomic E-state index is -0.112. The SMILES string of the molecule is O=C(c1ccco1)N1CCO[C@H]2CC[C@H]1[C@H]2OCc1ccncc1. The number of pyridine rings is 1. The van der Waals surface area contributed by atoms with Crippen LogP contribution in [-0.4, -0.2) is 47.2 Å². The monoisotopic (exact) mass is 328 g/mol. The van der Waals surface area contributed by atoms with Crippen molar-refractivity contribution in [3.63, 3.8) is 0 Å². The van der Waals surface area contributed by atoms with Gasteiger partial charge in [0.15, 0.2) is 5.76 Å². The Morgan fingerprint density at radius 2 is 2.17 bits per heavy atom. The molecule has 2 bridgehead atoms. The van der Waals surface area contributed by atoms with Crippen LogP contribution in [0.3, 0.4) is 0 Å². The van der Waals surface area contributed by atoms with E-state index in [1.807, 2.05) is 17.0 Å². The molecule has 1 aliphatic carbocycles. The lowest BCUT2D eigenvalue weighted by molar-refractivity contribution is -0.0598. The highest BCUT2D eigenvalue weighted by Gasteiger charge is 2.45. The highest BCUT2D eigenvalue weighted by atomic mass is 16.5. The van der Waals surface area contributed by atoms with E-state index in [2.05, 4.69) is 4.98 Å². The number of rotatable bonds is 4. The number of hydrogen-bond acceptors (Lipinski definition) is 5. The van der Waals surface area contributed by atoms with Gasteiger partial charge in [-0.25, -0.2) is 0 Å². The van der Waals surface area contributed by atoms with Gasteiger partial charge in [0.05, 0.1) is 31.6 Å². The van der Waals surface area contributed by atoms with E-state index in [1.165, 1.54) is 6.26 Å². The molecule has 2 fully saturated rings. The summed E-state index contributed by atoms with van der Waals surface area (Å²) < 4.78 is 17.4. The molecule has 126 valence electrons. The van der Waals surface area contributed by atoms with E-state index in [1.54, 1.807) is 24.5 Å². The van der Waals surface area contributed by atoms with Crippen LogP contribution in [0.2, 0.25) is 0 Å². The second-order valence-corrected chi connectivity index (χ2v) is 6.16. The highest BCUT2D eigenvalue weighted by molar-refractivity contribution is 5.91. The Morgan fingerprint density at radius 3 is 2.96 bits per heavy atom. The standard InChI is InChI=1S/C18H20N2O4/c21-18(16-2-1-10-22-16)20-9-11-23-15-4-3-14(20)17(15)24-12-13-5-7-19-8-6-13/h1-2,5-8,10,14-15,17H,3-4,9,11-12H2/t14-,15-,17+/m0/s1. The Balaban J connectivity index is 1.50. The minimum Gasteiger partial charge on any atom is -0.459 e. The van der Waals surface area contributed by atoms with Gasteiger partial charge in [0.25, 0.3) is 5.91 Å². The van der Waals surface area contributed by atoms with Crippen LogP contribution in [0.1, 0.15) is 29.0 Å². The van der Waals surface area contributed by atoms with Crippen LogP contribution in [0, 0.1) is 0 Å². The van der Waals surface area contributed by atoms with E-state index < -0.39 is 0 Å². The van der Waals surface area contributed by atoms with Crippen molar-refractivity contribution in [3.05, 3.63) is 54.2 Å². The zero-order valence-electron chi connectivity index (χ0n) is 13.3. The lowest BCUT2D eigenvalue weighted by Crippen LogP contribution is -2.46. The average molecular weight is 328 g/mol. The average Bonchev–Trinajstić information content (AvgIpc) is 3.22.